The third-order valence-corrected chi connectivity index (χ3v) is 3.34. The number of urea groups is 1. The number of carbonyl (C=O) groups excluding carboxylic acids is 1. The van der Waals surface area contributed by atoms with Gasteiger partial charge in [0.05, 0.1) is 17.4 Å². The van der Waals surface area contributed by atoms with Crippen LogP contribution in [0.2, 0.25) is 0 Å². The number of carbonyl (C=O) groups is 2. The second kappa shape index (κ2) is 8.94. The molecule has 0 bridgehead atoms. The Hall–Kier alpha value is -2.11. The summed E-state index contributed by atoms with van der Waals surface area (Å²) in [5.41, 5.74) is 0.413. The molecule has 1 heterocycles. The molecular formula is C15H23N3O3. The lowest BCUT2D eigenvalue weighted by atomic mass is 9.99. The number of rotatable bonds is 8. The van der Waals surface area contributed by atoms with E-state index < -0.39 is 5.97 Å². The van der Waals surface area contributed by atoms with Gasteiger partial charge in [-0.05, 0) is 18.4 Å². The van der Waals surface area contributed by atoms with Crippen molar-refractivity contribution in [2.24, 2.45) is 5.92 Å². The number of anilines is 1. The van der Waals surface area contributed by atoms with E-state index in [1.165, 1.54) is 18.5 Å². The number of hydrogen-bond acceptors (Lipinski definition) is 3. The fraction of sp³-hybridized carbons (Fsp3) is 0.533. The molecule has 0 aromatic carbocycles. The zero-order valence-corrected chi connectivity index (χ0v) is 12.6. The lowest BCUT2D eigenvalue weighted by molar-refractivity contribution is 0.0696. The zero-order valence-electron chi connectivity index (χ0n) is 12.6. The quantitative estimate of drug-likeness (QED) is 0.686. The molecule has 21 heavy (non-hydrogen) atoms. The number of hydrogen-bond donors (Lipinski definition) is 3. The molecule has 0 radical (unpaired) electrons. The van der Waals surface area contributed by atoms with E-state index >= 15 is 0 Å². The summed E-state index contributed by atoms with van der Waals surface area (Å²) in [5.74, 6) is -0.601. The van der Waals surface area contributed by atoms with Crippen molar-refractivity contribution in [3.05, 3.63) is 24.0 Å². The van der Waals surface area contributed by atoms with Crippen molar-refractivity contribution < 1.29 is 14.7 Å². The fourth-order valence-electron chi connectivity index (χ4n) is 1.98. The molecule has 6 heteroatoms. The average Bonchev–Trinajstić information content (AvgIpc) is 2.47. The van der Waals surface area contributed by atoms with E-state index in [4.69, 9.17) is 5.11 Å². The second-order valence-electron chi connectivity index (χ2n) is 5.02. The number of nitrogens with one attached hydrogen (secondary N) is 2. The molecule has 116 valence electrons. The van der Waals surface area contributed by atoms with Gasteiger partial charge in [0.25, 0.3) is 0 Å². The fourth-order valence-corrected chi connectivity index (χ4v) is 1.98. The van der Waals surface area contributed by atoms with Crippen LogP contribution in [0.3, 0.4) is 0 Å². The standard InChI is InChI=1S/C15H23N3O3/c1-3-5-6-11(4-2)8-17-15(21)18-13-7-12(14(19)20)9-16-10-13/h7,9-11H,3-6,8H2,1-2H3,(H,19,20)(H2,17,18,21). The van der Waals surface area contributed by atoms with Crippen LogP contribution in [-0.4, -0.2) is 28.6 Å². The normalized spacial score (nSPS) is 11.7. The van der Waals surface area contributed by atoms with Gasteiger partial charge < -0.3 is 15.7 Å². The van der Waals surface area contributed by atoms with Gasteiger partial charge >= 0.3 is 12.0 Å². The molecule has 0 aliphatic heterocycles. The molecule has 0 aliphatic carbocycles. The Bertz CT molecular complexity index is 477. The van der Waals surface area contributed by atoms with Gasteiger partial charge in [-0.2, -0.15) is 0 Å². The van der Waals surface area contributed by atoms with Crippen molar-refractivity contribution in [2.75, 3.05) is 11.9 Å². The summed E-state index contributed by atoms with van der Waals surface area (Å²) < 4.78 is 0. The summed E-state index contributed by atoms with van der Waals surface area (Å²) in [4.78, 5) is 26.4. The van der Waals surface area contributed by atoms with Crippen molar-refractivity contribution in [1.82, 2.24) is 10.3 Å². The van der Waals surface area contributed by atoms with Crippen LogP contribution >= 0.6 is 0 Å². The average molecular weight is 293 g/mol. The molecule has 2 amide bonds. The maximum Gasteiger partial charge on any atom is 0.337 e. The number of carboxylic acids is 1. The Morgan fingerprint density at radius 2 is 2.10 bits per heavy atom. The number of aromatic nitrogens is 1. The molecule has 1 aromatic rings. The van der Waals surface area contributed by atoms with E-state index in [1.807, 2.05) is 0 Å². The van der Waals surface area contributed by atoms with E-state index in [1.54, 1.807) is 0 Å². The molecule has 6 nitrogen and oxygen atoms in total. The summed E-state index contributed by atoms with van der Waals surface area (Å²) in [6.07, 6.45) is 7.09. The Morgan fingerprint density at radius 1 is 1.33 bits per heavy atom. The van der Waals surface area contributed by atoms with Crippen molar-refractivity contribution >= 4 is 17.7 Å². The third-order valence-electron chi connectivity index (χ3n) is 3.34. The van der Waals surface area contributed by atoms with Crippen LogP contribution in [0.5, 0.6) is 0 Å². The Balaban J connectivity index is 2.46. The van der Waals surface area contributed by atoms with Gasteiger partial charge in [-0.1, -0.05) is 33.1 Å². The van der Waals surface area contributed by atoms with Gasteiger partial charge in [0.1, 0.15) is 0 Å². The molecular weight excluding hydrogens is 270 g/mol. The first-order chi connectivity index (χ1) is 10.1. The topological polar surface area (TPSA) is 91.3 Å². The van der Waals surface area contributed by atoms with Gasteiger partial charge in [-0.15, -0.1) is 0 Å². The molecule has 0 saturated carbocycles. The third kappa shape index (κ3) is 6.25. The number of aromatic carboxylic acids is 1. The van der Waals surface area contributed by atoms with Crippen molar-refractivity contribution in [3.63, 3.8) is 0 Å². The first kappa shape index (κ1) is 16.9. The predicted octanol–water partition coefficient (Wildman–Crippen LogP) is 3.12. The first-order valence-corrected chi connectivity index (χ1v) is 7.30. The molecule has 0 aliphatic rings. The Kier molecular flexibility index (Phi) is 7.21. The van der Waals surface area contributed by atoms with Crippen LogP contribution in [0.1, 0.15) is 49.9 Å². The van der Waals surface area contributed by atoms with Crippen molar-refractivity contribution in [1.29, 1.82) is 0 Å². The van der Waals surface area contributed by atoms with E-state index in [0.717, 1.165) is 25.7 Å². The summed E-state index contributed by atoms with van der Waals surface area (Å²) >= 11 is 0. The van der Waals surface area contributed by atoms with Crippen LogP contribution < -0.4 is 10.6 Å². The largest absolute Gasteiger partial charge is 0.478 e. The monoisotopic (exact) mass is 293 g/mol. The van der Waals surface area contributed by atoms with Gasteiger partial charge in [-0.25, -0.2) is 9.59 Å². The SMILES string of the molecule is CCCCC(CC)CNC(=O)Nc1cncc(C(=O)O)c1. The summed E-state index contributed by atoms with van der Waals surface area (Å²) in [5, 5.41) is 14.3. The minimum absolute atomic E-state index is 0.0437. The van der Waals surface area contributed by atoms with Crippen LogP contribution in [0.15, 0.2) is 18.5 Å². The predicted molar refractivity (Wildman–Crippen MR) is 81.5 cm³/mol. The van der Waals surface area contributed by atoms with Crippen molar-refractivity contribution in [3.8, 4) is 0 Å². The zero-order chi connectivity index (χ0) is 15.7. The second-order valence-corrected chi connectivity index (χ2v) is 5.02. The van der Waals surface area contributed by atoms with Gasteiger partial charge in [0.15, 0.2) is 0 Å². The number of pyridine rings is 1. The van der Waals surface area contributed by atoms with E-state index in [0.29, 0.717) is 18.2 Å². The maximum atomic E-state index is 11.8. The minimum Gasteiger partial charge on any atom is -0.478 e. The van der Waals surface area contributed by atoms with Gasteiger partial charge in [0.2, 0.25) is 0 Å². The Morgan fingerprint density at radius 3 is 2.71 bits per heavy atom. The lowest BCUT2D eigenvalue weighted by Crippen LogP contribution is -2.33. The molecule has 1 atom stereocenters. The van der Waals surface area contributed by atoms with Crippen molar-refractivity contribution in [2.45, 2.75) is 39.5 Å². The van der Waals surface area contributed by atoms with Gasteiger partial charge in [-0.3, -0.25) is 4.98 Å². The molecule has 1 aromatic heterocycles. The number of nitrogens with zero attached hydrogens (tertiary/aromatic N) is 1. The summed E-state index contributed by atoms with van der Waals surface area (Å²) in [6.45, 7) is 4.88. The first-order valence-electron chi connectivity index (χ1n) is 7.30. The molecule has 0 spiro atoms. The van der Waals surface area contributed by atoms with Gasteiger partial charge in [0, 0.05) is 12.7 Å². The summed E-state index contributed by atoms with van der Waals surface area (Å²) in [6, 6.07) is 1.04. The number of carboxylic acid groups (broad SMARTS) is 1. The molecule has 0 fully saturated rings. The number of amides is 2. The Labute approximate surface area is 125 Å². The minimum atomic E-state index is -1.07. The summed E-state index contributed by atoms with van der Waals surface area (Å²) in [7, 11) is 0. The van der Waals surface area contributed by atoms with Crippen LogP contribution in [0, 0.1) is 5.92 Å². The lowest BCUT2D eigenvalue weighted by Gasteiger charge is -2.15. The number of unbranched alkanes of at least 4 members (excludes halogenated alkanes) is 1. The molecule has 1 rings (SSSR count). The highest BCUT2D eigenvalue weighted by atomic mass is 16.4. The smallest absolute Gasteiger partial charge is 0.337 e. The van der Waals surface area contributed by atoms with Crippen LogP contribution in [0.4, 0.5) is 10.5 Å². The van der Waals surface area contributed by atoms with Crippen LogP contribution in [0.25, 0.3) is 0 Å². The van der Waals surface area contributed by atoms with Crippen LogP contribution in [-0.2, 0) is 0 Å². The van der Waals surface area contributed by atoms with E-state index in [-0.39, 0.29) is 11.6 Å². The maximum absolute atomic E-state index is 11.8. The molecule has 1 unspecified atom stereocenters. The van der Waals surface area contributed by atoms with E-state index in [2.05, 4.69) is 29.5 Å². The molecule has 0 saturated heterocycles. The highest BCUT2D eigenvalue weighted by molar-refractivity contribution is 5.92. The highest BCUT2D eigenvalue weighted by Crippen LogP contribution is 2.12. The molecule has 3 N–H and O–H groups in total. The van der Waals surface area contributed by atoms with E-state index in [9.17, 15) is 9.59 Å². The highest BCUT2D eigenvalue weighted by Gasteiger charge is 2.09.